The van der Waals surface area contributed by atoms with E-state index < -0.39 is 17.5 Å². The van der Waals surface area contributed by atoms with Crippen LogP contribution >= 0.6 is 0 Å². The molecule has 0 unspecified atom stereocenters. The van der Waals surface area contributed by atoms with Crippen molar-refractivity contribution >= 4 is 17.7 Å². The van der Waals surface area contributed by atoms with Gasteiger partial charge >= 0.3 is 0 Å². The molecule has 3 rings (SSSR count). The number of rotatable bonds is 9. The lowest BCUT2D eigenvalue weighted by Gasteiger charge is -2.28. The number of carbonyl (C=O) groups is 3. The summed E-state index contributed by atoms with van der Waals surface area (Å²) in [7, 11) is 0. The third-order valence-corrected chi connectivity index (χ3v) is 5.68. The zero-order valence-electron chi connectivity index (χ0n) is 22.0. The Morgan fingerprint density at radius 2 is 1.92 bits per heavy atom. The molecule has 2 heterocycles. The summed E-state index contributed by atoms with van der Waals surface area (Å²) in [6, 6.07) is 5.65. The number of amides is 3. The maximum absolute atomic E-state index is 13.6. The van der Waals surface area contributed by atoms with Gasteiger partial charge in [-0.3, -0.25) is 14.4 Å². The average molecular weight is 500 g/mol. The fourth-order valence-corrected chi connectivity index (χ4v) is 4.24. The standard InChI is InChI=1S/C26H37N5O5/c1-16(2)14-19(25(34)31-13-9-11-20(31)24-30-29-17(3)36-24)27-23(33)18-10-7-8-12-21(18)35-15-22(32)28-26(4,5)6/h7-8,10,12,16,19-20H,9,11,13-15H2,1-6H3,(H,27,33)(H,28,32)/t19-,20-/m1/s1. The van der Waals surface area contributed by atoms with Crippen LogP contribution in [0.25, 0.3) is 0 Å². The summed E-state index contributed by atoms with van der Waals surface area (Å²) in [4.78, 5) is 40.8. The van der Waals surface area contributed by atoms with Crippen molar-refractivity contribution in [3.8, 4) is 5.75 Å². The van der Waals surface area contributed by atoms with Gasteiger partial charge in [-0.15, -0.1) is 10.2 Å². The third-order valence-electron chi connectivity index (χ3n) is 5.68. The second-order valence-corrected chi connectivity index (χ2v) is 10.6. The summed E-state index contributed by atoms with van der Waals surface area (Å²) in [5, 5.41) is 13.7. The highest BCUT2D eigenvalue weighted by Crippen LogP contribution is 2.32. The molecule has 1 aliphatic heterocycles. The number of carbonyl (C=O) groups excluding carboxylic acids is 3. The van der Waals surface area contributed by atoms with Crippen LogP contribution in [0.15, 0.2) is 28.7 Å². The minimum absolute atomic E-state index is 0.165. The molecule has 196 valence electrons. The molecule has 0 saturated carbocycles. The van der Waals surface area contributed by atoms with E-state index in [2.05, 4.69) is 20.8 Å². The summed E-state index contributed by atoms with van der Waals surface area (Å²) < 4.78 is 11.3. The Morgan fingerprint density at radius 3 is 2.56 bits per heavy atom. The van der Waals surface area contributed by atoms with E-state index in [0.717, 1.165) is 12.8 Å². The quantitative estimate of drug-likeness (QED) is 0.542. The monoisotopic (exact) mass is 499 g/mol. The average Bonchev–Trinajstić information content (AvgIpc) is 3.44. The Bertz CT molecular complexity index is 1070. The molecule has 1 aliphatic rings. The maximum Gasteiger partial charge on any atom is 0.258 e. The molecule has 1 saturated heterocycles. The lowest BCUT2D eigenvalue weighted by Crippen LogP contribution is -2.49. The Kier molecular flexibility index (Phi) is 8.70. The molecule has 0 spiro atoms. The molecule has 36 heavy (non-hydrogen) atoms. The summed E-state index contributed by atoms with van der Waals surface area (Å²) in [5.41, 5.74) is -0.136. The highest BCUT2D eigenvalue weighted by atomic mass is 16.5. The zero-order valence-corrected chi connectivity index (χ0v) is 22.0. The van der Waals surface area contributed by atoms with Crippen LogP contribution in [0.5, 0.6) is 5.75 Å². The first-order valence-electron chi connectivity index (χ1n) is 12.4. The van der Waals surface area contributed by atoms with Gasteiger partial charge in [0.15, 0.2) is 6.61 Å². The van der Waals surface area contributed by atoms with Crippen LogP contribution in [0.2, 0.25) is 0 Å². The van der Waals surface area contributed by atoms with E-state index in [1.807, 2.05) is 34.6 Å². The number of hydrogen-bond donors (Lipinski definition) is 2. The van der Waals surface area contributed by atoms with Crippen molar-refractivity contribution in [2.24, 2.45) is 5.92 Å². The summed E-state index contributed by atoms with van der Waals surface area (Å²) in [5.74, 6) is 0.392. The number of benzene rings is 1. The second-order valence-electron chi connectivity index (χ2n) is 10.6. The summed E-state index contributed by atoms with van der Waals surface area (Å²) in [6.45, 7) is 11.7. The topological polar surface area (TPSA) is 127 Å². The molecular weight excluding hydrogens is 462 g/mol. The van der Waals surface area contributed by atoms with E-state index in [0.29, 0.717) is 24.7 Å². The molecule has 10 heteroatoms. The second kappa shape index (κ2) is 11.5. The molecule has 10 nitrogen and oxygen atoms in total. The van der Waals surface area contributed by atoms with Crippen molar-refractivity contribution in [1.82, 2.24) is 25.7 Å². The fraction of sp³-hybridized carbons (Fsp3) is 0.577. The van der Waals surface area contributed by atoms with Gasteiger partial charge in [-0.25, -0.2) is 0 Å². The van der Waals surface area contributed by atoms with Gasteiger partial charge < -0.3 is 24.7 Å². The Labute approximate surface area is 212 Å². The van der Waals surface area contributed by atoms with E-state index in [1.165, 1.54) is 0 Å². The van der Waals surface area contributed by atoms with E-state index in [4.69, 9.17) is 9.15 Å². The van der Waals surface area contributed by atoms with Crippen molar-refractivity contribution in [1.29, 1.82) is 0 Å². The Hall–Kier alpha value is -3.43. The lowest BCUT2D eigenvalue weighted by atomic mass is 10.0. The molecule has 2 aromatic rings. The van der Waals surface area contributed by atoms with Crippen LogP contribution in [0.3, 0.4) is 0 Å². The van der Waals surface area contributed by atoms with Crippen LogP contribution in [-0.2, 0) is 9.59 Å². The van der Waals surface area contributed by atoms with E-state index in [1.54, 1.807) is 36.1 Å². The molecule has 2 atom stereocenters. The van der Waals surface area contributed by atoms with E-state index >= 15 is 0 Å². The number of para-hydroxylation sites is 1. The number of nitrogens with one attached hydrogen (secondary N) is 2. The van der Waals surface area contributed by atoms with Crippen molar-refractivity contribution in [3.05, 3.63) is 41.6 Å². The molecule has 0 bridgehead atoms. The largest absolute Gasteiger partial charge is 0.483 e. The third kappa shape index (κ3) is 7.29. The van der Waals surface area contributed by atoms with Crippen molar-refractivity contribution in [2.45, 2.75) is 78.4 Å². The lowest BCUT2D eigenvalue weighted by molar-refractivity contribution is -0.135. The smallest absolute Gasteiger partial charge is 0.258 e. The number of aryl methyl sites for hydroxylation is 1. The van der Waals surface area contributed by atoms with Crippen LogP contribution in [0.1, 0.15) is 82.1 Å². The van der Waals surface area contributed by atoms with Gasteiger partial charge in [0.25, 0.3) is 11.8 Å². The van der Waals surface area contributed by atoms with Gasteiger partial charge in [-0.1, -0.05) is 26.0 Å². The number of likely N-dealkylation sites (tertiary alicyclic amines) is 1. The SMILES string of the molecule is Cc1nnc([C@H]2CCCN2C(=O)[C@@H](CC(C)C)NC(=O)c2ccccc2OCC(=O)NC(C)(C)C)o1. The molecule has 2 N–H and O–H groups in total. The van der Waals surface area contributed by atoms with Crippen molar-refractivity contribution < 1.29 is 23.5 Å². The number of nitrogens with zero attached hydrogens (tertiary/aromatic N) is 3. The van der Waals surface area contributed by atoms with Gasteiger partial charge in [0.2, 0.25) is 17.7 Å². The fourth-order valence-electron chi connectivity index (χ4n) is 4.24. The minimum Gasteiger partial charge on any atom is -0.483 e. The van der Waals surface area contributed by atoms with Crippen LogP contribution < -0.4 is 15.4 Å². The zero-order chi connectivity index (χ0) is 26.5. The van der Waals surface area contributed by atoms with Gasteiger partial charge in [-0.05, 0) is 58.1 Å². The predicted molar refractivity (Wildman–Crippen MR) is 133 cm³/mol. The van der Waals surface area contributed by atoms with E-state index in [-0.39, 0.29) is 41.7 Å². The van der Waals surface area contributed by atoms with Crippen molar-refractivity contribution in [2.75, 3.05) is 13.2 Å². The highest BCUT2D eigenvalue weighted by molar-refractivity contribution is 5.99. The Balaban J connectivity index is 1.74. The van der Waals surface area contributed by atoms with Gasteiger partial charge in [0.05, 0.1) is 5.56 Å². The predicted octanol–water partition coefficient (Wildman–Crippen LogP) is 3.18. The molecule has 1 fully saturated rings. The molecular formula is C26H37N5O5. The van der Waals surface area contributed by atoms with Crippen molar-refractivity contribution in [3.63, 3.8) is 0 Å². The minimum atomic E-state index is -0.737. The normalized spacial score (nSPS) is 16.6. The van der Waals surface area contributed by atoms with Gasteiger partial charge in [-0.2, -0.15) is 0 Å². The van der Waals surface area contributed by atoms with E-state index in [9.17, 15) is 14.4 Å². The van der Waals surface area contributed by atoms with Gasteiger partial charge in [0.1, 0.15) is 17.8 Å². The number of ether oxygens (including phenoxy) is 1. The first-order valence-corrected chi connectivity index (χ1v) is 12.4. The summed E-state index contributed by atoms with van der Waals surface area (Å²) in [6.07, 6.45) is 2.00. The Morgan fingerprint density at radius 1 is 1.19 bits per heavy atom. The maximum atomic E-state index is 13.6. The summed E-state index contributed by atoms with van der Waals surface area (Å²) >= 11 is 0. The highest BCUT2D eigenvalue weighted by Gasteiger charge is 2.37. The first-order chi connectivity index (χ1) is 16.9. The van der Waals surface area contributed by atoms with Crippen LogP contribution in [-0.4, -0.2) is 57.6 Å². The molecule has 0 radical (unpaired) electrons. The number of aromatic nitrogens is 2. The molecule has 3 amide bonds. The molecule has 1 aromatic carbocycles. The van der Waals surface area contributed by atoms with Crippen LogP contribution in [0, 0.1) is 12.8 Å². The number of hydrogen-bond acceptors (Lipinski definition) is 7. The van der Waals surface area contributed by atoms with Gasteiger partial charge in [0, 0.05) is 19.0 Å². The molecule has 0 aliphatic carbocycles. The van der Waals surface area contributed by atoms with Crippen LogP contribution in [0.4, 0.5) is 0 Å². The molecule has 1 aromatic heterocycles. The first kappa shape index (κ1) is 27.2.